The first-order valence-electron chi connectivity index (χ1n) is 5.48. The van der Waals surface area contributed by atoms with Crippen molar-refractivity contribution in [3.05, 3.63) is 35.3 Å². The van der Waals surface area contributed by atoms with Gasteiger partial charge in [-0.05, 0) is 31.4 Å². The Bertz CT molecular complexity index is 464. The topological polar surface area (TPSA) is 38.9 Å². The fraction of sp³-hybridized carbons (Fsp3) is 0.385. The van der Waals surface area contributed by atoms with Gasteiger partial charge in [0.05, 0.1) is 17.0 Å². The molecule has 3 heteroatoms. The van der Waals surface area contributed by atoms with Crippen molar-refractivity contribution >= 4 is 0 Å². The molecule has 84 valence electrons. The van der Waals surface area contributed by atoms with Crippen molar-refractivity contribution in [2.24, 2.45) is 0 Å². The summed E-state index contributed by atoms with van der Waals surface area (Å²) in [6.45, 7) is 8.16. The molecule has 0 amide bonds. The van der Waals surface area contributed by atoms with E-state index in [9.17, 15) is 0 Å². The summed E-state index contributed by atoms with van der Waals surface area (Å²) in [4.78, 5) is 4.46. The van der Waals surface area contributed by atoms with E-state index in [1.54, 1.807) is 0 Å². The van der Waals surface area contributed by atoms with Gasteiger partial charge >= 0.3 is 0 Å². The summed E-state index contributed by atoms with van der Waals surface area (Å²) in [5.74, 6) is 1.33. The lowest BCUT2D eigenvalue weighted by Crippen LogP contribution is -1.91. The van der Waals surface area contributed by atoms with Crippen molar-refractivity contribution in [1.29, 1.82) is 0 Å². The van der Waals surface area contributed by atoms with Gasteiger partial charge in [-0.2, -0.15) is 0 Å². The number of pyridine rings is 1. The lowest BCUT2D eigenvalue weighted by molar-refractivity contribution is 0.393. The smallest absolute Gasteiger partial charge is 0.143 e. The molecule has 0 fully saturated rings. The number of hydrogen-bond acceptors (Lipinski definition) is 3. The quantitative estimate of drug-likeness (QED) is 0.771. The summed E-state index contributed by atoms with van der Waals surface area (Å²) in [6.07, 6.45) is 1.92. The molecule has 0 aliphatic heterocycles. The van der Waals surface area contributed by atoms with Crippen LogP contribution in [0.15, 0.2) is 22.9 Å². The van der Waals surface area contributed by atoms with Gasteiger partial charge in [-0.3, -0.25) is 4.98 Å². The second-order valence-electron chi connectivity index (χ2n) is 4.33. The number of rotatable bonds is 2. The number of aryl methyl sites for hydroxylation is 2. The standard InChI is InChI=1S/C13H16N2O/c1-8(2)11-5-6-12(14-7-11)13-9(3)15-16-10(13)4/h5-8H,1-4H3. The average molecular weight is 216 g/mol. The maximum Gasteiger partial charge on any atom is 0.143 e. The van der Waals surface area contributed by atoms with Crippen LogP contribution in [0.2, 0.25) is 0 Å². The van der Waals surface area contributed by atoms with Gasteiger partial charge in [0, 0.05) is 6.20 Å². The van der Waals surface area contributed by atoms with Crippen LogP contribution in [0, 0.1) is 13.8 Å². The Balaban J connectivity index is 2.42. The van der Waals surface area contributed by atoms with Crippen LogP contribution in [0.4, 0.5) is 0 Å². The van der Waals surface area contributed by atoms with Crippen LogP contribution >= 0.6 is 0 Å². The minimum Gasteiger partial charge on any atom is -0.361 e. The Morgan fingerprint density at radius 2 is 1.94 bits per heavy atom. The van der Waals surface area contributed by atoms with Crippen molar-refractivity contribution in [3.8, 4) is 11.3 Å². The van der Waals surface area contributed by atoms with E-state index in [2.05, 4.69) is 30.1 Å². The summed E-state index contributed by atoms with van der Waals surface area (Å²) >= 11 is 0. The molecule has 0 saturated heterocycles. The zero-order chi connectivity index (χ0) is 11.7. The van der Waals surface area contributed by atoms with Crippen LogP contribution in [0.5, 0.6) is 0 Å². The molecule has 2 aromatic rings. The third kappa shape index (κ3) is 1.85. The lowest BCUT2D eigenvalue weighted by atomic mass is 10.0. The SMILES string of the molecule is Cc1noc(C)c1-c1ccc(C(C)C)cn1. The molecule has 2 aromatic heterocycles. The van der Waals surface area contributed by atoms with Crippen LogP contribution in [-0.2, 0) is 0 Å². The van der Waals surface area contributed by atoms with Crippen molar-refractivity contribution < 1.29 is 4.52 Å². The van der Waals surface area contributed by atoms with E-state index in [0.717, 1.165) is 22.7 Å². The van der Waals surface area contributed by atoms with E-state index >= 15 is 0 Å². The summed E-state index contributed by atoms with van der Waals surface area (Å²) < 4.78 is 5.14. The molecule has 2 heterocycles. The summed E-state index contributed by atoms with van der Waals surface area (Å²) in [5.41, 5.74) is 4.08. The molecule has 0 N–H and O–H groups in total. The molecular formula is C13H16N2O. The van der Waals surface area contributed by atoms with Gasteiger partial charge in [-0.1, -0.05) is 25.1 Å². The molecule has 0 atom stereocenters. The van der Waals surface area contributed by atoms with E-state index < -0.39 is 0 Å². The Hall–Kier alpha value is -1.64. The minimum atomic E-state index is 0.506. The molecule has 16 heavy (non-hydrogen) atoms. The van der Waals surface area contributed by atoms with Crippen molar-refractivity contribution in [3.63, 3.8) is 0 Å². The molecule has 0 aliphatic rings. The fourth-order valence-electron chi connectivity index (χ4n) is 1.74. The molecule has 0 radical (unpaired) electrons. The highest BCUT2D eigenvalue weighted by atomic mass is 16.5. The highest BCUT2D eigenvalue weighted by Gasteiger charge is 2.12. The number of hydrogen-bond donors (Lipinski definition) is 0. The lowest BCUT2D eigenvalue weighted by Gasteiger charge is -2.05. The number of nitrogens with zero attached hydrogens (tertiary/aromatic N) is 2. The van der Waals surface area contributed by atoms with Crippen molar-refractivity contribution in [2.75, 3.05) is 0 Å². The summed E-state index contributed by atoms with van der Waals surface area (Å²) in [5, 5.41) is 3.94. The van der Waals surface area contributed by atoms with E-state index in [1.807, 2.05) is 26.1 Å². The predicted octanol–water partition coefficient (Wildman–Crippen LogP) is 3.48. The average Bonchev–Trinajstić information content (AvgIpc) is 2.59. The maximum atomic E-state index is 5.14. The van der Waals surface area contributed by atoms with Crippen LogP contribution in [0.25, 0.3) is 11.3 Å². The first kappa shape index (κ1) is 10.9. The second kappa shape index (κ2) is 4.08. The van der Waals surface area contributed by atoms with Crippen LogP contribution in [0.3, 0.4) is 0 Å². The van der Waals surface area contributed by atoms with Gasteiger partial charge in [0.15, 0.2) is 0 Å². The Labute approximate surface area is 95.5 Å². The first-order valence-corrected chi connectivity index (χ1v) is 5.48. The maximum absolute atomic E-state index is 5.14. The Kier molecular flexibility index (Phi) is 2.77. The van der Waals surface area contributed by atoms with Gasteiger partial charge in [0.25, 0.3) is 0 Å². The third-order valence-corrected chi connectivity index (χ3v) is 2.74. The minimum absolute atomic E-state index is 0.506. The highest BCUT2D eigenvalue weighted by Crippen LogP contribution is 2.25. The molecule has 0 aliphatic carbocycles. The molecule has 0 spiro atoms. The largest absolute Gasteiger partial charge is 0.361 e. The van der Waals surface area contributed by atoms with Crippen LogP contribution < -0.4 is 0 Å². The third-order valence-electron chi connectivity index (χ3n) is 2.74. The van der Waals surface area contributed by atoms with Gasteiger partial charge in [-0.25, -0.2) is 0 Å². The Morgan fingerprint density at radius 1 is 1.19 bits per heavy atom. The monoisotopic (exact) mass is 216 g/mol. The predicted molar refractivity (Wildman–Crippen MR) is 63.3 cm³/mol. The van der Waals surface area contributed by atoms with Crippen LogP contribution in [0.1, 0.15) is 36.8 Å². The molecule has 2 rings (SSSR count). The molecule has 0 unspecified atom stereocenters. The van der Waals surface area contributed by atoms with E-state index in [4.69, 9.17) is 4.52 Å². The molecule has 0 saturated carbocycles. The Morgan fingerprint density at radius 3 is 2.38 bits per heavy atom. The fourth-order valence-corrected chi connectivity index (χ4v) is 1.74. The highest BCUT2D eigenvalue weighted by molar-refractivity contribution is 5.63. The molecular weight excluding hydrogens is 200 g/mol. The van der Waals surface area contributed by atoms with Crippen molar-refractivity contribution in [1.82, 2.24) is 10.1 Å². The molecule has 3 nitrogen and oxygen atoms in total. The summed E-state index contributed by atoms with van der Waals surface area (Å²) in [6, 6.07) is 4.14. The number of aromatic nitrogens is 2. The van der Waals surface area contributed by atoms with Gasteiger partial charge < -0.3 is 4.52 Å². The first-order chi connectivity index (χ1) is 7.59. The van der Waals surface area contributed by atoms with E-state index in [0.29, 0.717) is 5.92 Å². The van der Waals surface area contributed by atoms with Gasteiger partial charge in [-0.15, -0.1) is 0 Å². The van der Waals surface area contributed by atoms with Crippen molar-refractivity contribution in [2.45, 2.75) is 33.6 Å². The molecule has 0 bridgehead atoms. The van der Waals surface area contributed by atoms with E-state index in [1.165, 1.54) is 5.56 Å². The normalized spacial score (nSPS) is 11.1. The second-order valence-corrected chi connectivity index (χ2v) is 4.33. The van der Waals surface area contributed by atoms with Gasteiger partial charge in [0.1, 0.15) is 5.76 Å². The van der Waals surface area contributed by atoms with Gasteiger partial charge in [0.2, 0.25) is 0 Å². The van der Waals surface area contributed by atoms with E-state index in [-0.39, 0.29) is 0 Å². The molecule has 0 aromatic carbocycles. The summed E-state index contributed by atoms with van der Waals surface area (Å²) in [7, 11) is 0. The van der Waals surface area contributed by atoms with Crippen LogP contribution in [-0.4, -0.2) is 10.1 Å². The zero-order valence-corrected chi connectivity index (χ0v) is 10.1. The zero-order valence-electron chi connectivity index (χ0n) is 10.1.